The molecular formula is C90H161NO8P+. The van der Waals surface area contributed by atoms with Gasteiger partial charge in [0.1, 0.15) is 19.8 Å². The second-order valence-corrected chi connectivity index (χ2v) is 30.9. The fourth-order valence-electron chi connectivity index (χ4n) is 12.1. The summed E-state index contributed by atoms with van der Waals surface area (Å²) < 4.78 is 34.8. The summed E-state index contributed by atoms with van der Waals surface area (Å²) in [5.41, 5.74) is 0. The van der Waals surface area contributed by atoms with Gasteiger partial charge in [-0.2, -0.15) is 0 Å². The number of nitrogens with zero attached hydrogens (tertiary/aromatic N) is 1. The van der Waals surface area contributed by atoms with Crippen LogP contribution in [0, 0.1) is 0 Å². The summed E-state index contributed by atoms with van der Waals surface area (Å²) in [6.45, 7) is 4.34. The molecule has 2 unspecified atom stereocenters. The van der Waals surface area contributed by atoms with Gasteiger partial charge in [0.25, 0.3) is 0 Å². The highest BCUT2D eigenvalue weighted by atomic mass is 31.2. The van der Waals surface area contributed by atoms with Gasteiger partial charge in [-0.15, -0.1) is 0 Å². The lowest BCUT2D eigenvalue weighted by molar-refractivity contribution is -0.870. The maximum Gasteiger partial charge on any atom is 0.472 e. The minimum Gasteiger partial charge on any atom is -0.462 e. The minimum atomic E-state index is -4.41. The molecule has 0 heterocycles. The Kier molecular flexibility index (Phi) is 76.7. The van der Waals surface area contributed by atoms with Crippen molar-refractivity contribution in [2.75, 3.05) is 47.5 Å². The Morgan fingerprint density at radius 3 is 0.850 bits per heavy atom. The summed E-state index contributed by atoms with van der Waals surface area (Å²) in [7, 11) is 1.47. The third-order valence-corrected chi connectivity index (χ3v) is 19.5. The molecule has 0 rings (SSSR count). The molecule has 10 heteroatoms. The van der Waals surface area contributed by atoms with Gasteiger partial charge in [-0.05, 0) is 89.9 Å². The summed E-state index contributed by atoms with van der Waals surface area (Å²) in [6, 6.07) is 0. The largest absolute Gasteiger partial charge is 0.472 e. The number of allylic oxidation sites excluding steroid dienone is 20. The highest BCUT2D eigenvalue weighted by Crippen LogP contribution is 2.43. The molecule has 0 aromatic carbocycles. The zero-order valence-electron chi connectivity index (χ0n) is 66.2. The van der Waals surface area contributed by atoms with E-state index in [9.17, 15) is 19.0 Å². The van der Waals surface area contributed by atoms with Gasteiger partial charge in [-0.1, -0.05) is 405 Å². The number of rotatable bonds is 78. The van der Waals surface area contributed by atoms with Gasteiger partial charge in [0.2, 0.25) is 0 Å². The normalized spacial score (nSPS) is 13.6. The molecule has 0 amide bonds. The monoisotopic (exact) mass is 1420 g/mol. The first-order valence-corrected chi connectivity index (χ1v) is 43.8. The van der Waals surface area contributed by atoms with Crippen LogP contribution in [0.1, 0.15) is 386 Å². The topological polar surface area (TPSA) is 108 Å². The van der Waals surface area contributed by atoms with Crippen LogP contribution >= 0.6 is 7.82 Å². The molecule has 0 fully saturated rings. The van der Waals surface area contributed by atoms with Crippen LogP contribution in [0.15, 0.2) is 122 Å². The summed E-state index contributed by atoms with van der Waals surface area (Å²) in [5.74, 6) is -0.806. The molecule has 0 aliphatic heterocycles. The fraction of sp³-hybridized carbons (Fsp3) is 0.756. The van der Waals surface area contributed by atoms with Crippen LogP contribution < -0.4 is 0 Å². The first kappa shape index (κ1) is 96.4. The summed E-state index contributed by atoms with van der Waals surface area (Å²) in [5, 5.41) is 0. The summed E-state index contributed by atoms with van der Waals surface area (Å²) >= 11 is 0. The number of likely N-dealkylation sites (N-methyl/N-ethyl adjacent to an activating group) is 1. The predicted octanol–water partition coefficient (Wildman–Crippen LogP) is 28.5. The predicted molar refractivity (Wildman–Crippen MR) is 436 cm³/mol. The number of phosphoric acid groups is 1. The first-order valence-electron chi connectivity index (χ1n) is 42.3. The number of phosphoric ester groups is 1. The molecule has 0 aromatic heterocycles. The average molecular weight is 1420 g/mol. The van der Waals surface area contributed by atoms with E-state index in [2.05, 4.69) is 135 Å². The standard InChI is InChI=1S/C90H160NO8P/c1-6-8-10-12-14-16-18-20-22-24-26-28-30-32-34-36-38-40-42-44-45-47-48-50-52-54-56-58-60-62-64-66-68-70-72-74-76-78-80-82-89(92)96-86-88(87-98-100(94,95)97-85-84-91(3,4)5)99-90(93)83-81-79-77-75-73-71-69-67-65-63-61-59-57-55-53-51-49-46-43-41-39-37-35-33-31-29-27-25-23-21-19-17-15-13-11-9-7-2/h9,11,15,17,21,23,27,29,33,35,39,41,46,49,53,55,59,61,65,67,88H,6-8,10,12-14,16,18-20,22,24-26,28,30-32,34,36-38,40,42-45,47-48,50-52,54,56-58,60,62-64,66,68-87H2,1-5H3/p+1/b11-9-,17-15-,23-21-,29-27-,35-33-,41-39-,49-46-,55-53-,61-59-,67-65-. The van der Waals surface area contributed by atoms with Gasteiger partial charge >= 0.3 is 19.8 Å². The van der Waals surface area contributed by atoms with Crippen molar-refractivity contribution in [2.24, 2.45) is 0 Å². The van der Waals surface area contributed by atoms with Crippen LogP contribution in [0.4, 0.5) is 0 Å². The summed E-state index contributed by atoms with van der Waals surface area (Å²) in [6.07, 6.45) is 115. The molecule has 0 aliphatic carbocycles. The molecule has 0 saturated heterocycles. The minimum absolute atomic E-state index is 0.0244. The van der Waals surface area contributed by atoms with E-state index in [1.807, 2.05) is 21.1 Å². The van der Waals surface area contributed by atoms with Crippen LogP contribution in [0.25, 0.3) is 0 Å². The van der Waals surface area contributed by atoms with Crippen molar-refractivity contribution in [1.82, 2.24) is 0 Å². The maximum atomic E-state index is 12.9. The lowest BCUT2D eigenvalue weighted by Crippen LogP contribution is -2.37. The zero-order chi connectivity index (χ0) is 72.5. The van der Waals surface area contributed by atoms with E-state index in [1.54, 1.807) is 0 Å². The quantitative estimate of drug-likeness (QED) is 0.0211. The molecule has 0 bridgehead atoms. The summed E-state index contributed by atoms with van der Waals surface area (Å²) in [4.78, 5) is 36.0. The van der Waals surface area contributed by atoms with Gasteiger partial charge in [0, 0.05) is 12.8 Å². The van der Waals surface area contributed by atoms with Crippen molar-refractivity contribution < 1.29 is 42.1 Å². The third-order valence-electron chi connectivity index (χ3n) is 18.5. The van der Waals surface area contributed by atoms with Gasteiger partial charge in [-0.3, -0.25) is 18.6 Å². The number of quaternary nitrogens is 1. The van der Waals surface area contributed by atoms with E-state index in [0.29, 0.717) is 17.4 Å². The Labute approximate surface area is 619 Å². The van der Waals surface area contributed by atoms with E-state index in [0.717, 1.165) is 122 Å². The molecule has 0 aliphatic rings. The number of hydrogen-bond acceptors (Lipinski definition) is 7. The van der Waals surface area contributed by atoms with E-state index in [1.165, 1.54) is 231 Å². The van der Waals surface area contributed by atoms with Crippen LogP contribution in [0.3, 0.4) is 0 Å². The molecule has 9 nitrogen and oxygen atoms in total. The van der Waals surface area contributed by atoms with Crippen LogP contribution in [0.5, 0.6) is 0 Å². The molecule has 0 aromatic rings. The lowest BCUT2D eigenvalue weighted by Gasteiger charge is -2.24. The van der Waals surface area contributed by atoms with Crippen LogP contribution in [-0.2, 0) is 32.7 Å². The van der Waals surface area contributed by atoms with Crippen molar-refractivity contribution >= 4 is 19.8 Å². The zero-order valence-corrected chi connectivity index (χ0v) is 67.1. The highest BCUT2D eigenvalue weighted by Gasteiger charge is 2.27. The Bertz CT molecular complexity index is 2110. The third kappa shape index (κ3) is 83.4. The first-order chi connectivity index (χ1) is 49.0. The van der Waals surface area contributed by atoms with Crippen LogP contribution in [-0.4, -0.2) is 74.9 Å². The average Bonchev–Trinajstić information content (AvgIpc) is 1.02. The lowest BCUT2D eigenvalue weighted by atomic mass is 10.0. The molecular weight excluding hydrogens is 1250 g/mol. The molecule has 0 spiro atoms. The molecule has 0 radical (unpaired) electrons. The number of unbranched alkanes of at least 4 members (excludes halogenated alkanes) is 44. The van der Waals surface area contributed by atoms with Gasteiger partial charge in [0.15, 0.2) is 6.10 Å². The van der Waals surface area contributed by atoms with Crippen molar-refractivity contribution in [2.45, 2.75) is 392 Å². The van der Waals surface area contributed by atoms with Crippen LogP contribution in [0.2, 0.25) is 0 Å². The number of carbonyl (C=O) groups excluding carboxylic acids is 2. The Balaban J connectivity index is 3.98. The second kappa shape index (κ2) is 79.5. The van der Waals surface area contributed by atoms with E-state index >= 15 is 0 Å². The molecule has 2 atom stereocenters. The van der Waals surface area contributed by atoms with E-state index in [4.69, 9.17) is 18.5 Å². The smallest absolute Gasteiger partial charge is 0.462 e. The molecule has 1 N–H and O–H groups in total. The maximum absolute atomic E-state index is 12.9. The SMILES string of the molecule is CC/C=C\C/C=C\C/C=C\C/C=C\C/C=C\C/C=C\C/C=C\C/C=C\C/C=C\C/C=C\CCCCCCCCC(=O)OC(COC(=O)CCCCCCCCCCCCCCCCCCCCCCCCCCCCCCCCCCCCCCCCC)COP(=O)(O)OCC[N+](C)(C)C. The van der Waals surface area contributed by atoms with Gasteiger partial charge in [-0.25, -0.2) is 4.57 Å². The van der Waals surface area contributed by atoms with Crippen molar-refractivity contribution in [3.05, 3.63) is 122 Å². The molecule has 578 valence electrons. The Morgan fingerprint density at radius 2 is 0.570 bits per heavy atom. The Hall–Kier alpha value is -3.59. The van der Waals surface area contributed by atoms with Gasteiger partial charge < -0.3 is 18.9 Å². The van der Waals surface area contributed by atoms with Gasteiger partial charge in [0.05, 0.1) is 27.7 Å². The van der Waals surface area contributed by atoms with Crippen molar-refractivity contribution in [3.8, 4) is 0 Å². The number of carbonyl (C=O) groups is 2. The van der Waals surface area contributed by atoms with Crippen molar-refractivity contribution in [1.29, 1.82) is 0 Å². The highest BCUT2D eigenvalue weighted by molar-refractivity contribution is 7.47. The second-order valence-electron chi connectivity index (χ2n) is 29.5. The van der Waals surface area contributed by atoms with E-state index in [-0.39, 0.29) is 32.0 Å². The fourth-order valence-corrected chi connectivity index (χ4v) is 12.9. The van der Waals surface area contributed by atoms with E-state index < -0.39 is 26.5 Å². The Morgan fingerprint density at radius 1 is 0.320 bits per heavy atom. The molecule has 0 saturated carbocycles. The number of ether oxygens (including phenoxy) is 2. The van der Waals surface area contributed by atoms with Crippen molar-refractivity contribution in [3.63, 3.8) is 0 Å². The number of hydrogen-bond donors (Lipinski definition) is 1. The number of esters is 2. The molecule has 100 heavy (non-hydrogen) atoms.